The molecule has 1 aliphatic heterocycles. The molecule has 112 valence electrons. The summed E-state index contributed by atoms with van der Waals surface area (Å²) in [6.07, 6.45) is 0.546. The molecule has 2 aromatic rings. The zero-order chi connectivity index (χ0) is 15.2. The van der Waals surface area contributed by atoms with Crippen LogP contribution in [0, 0.1) is 11.3 Å². The van der Waals surface area contributed by atoms with E-state index in [2.05, 4.69) is 64.8 Å². The van der Waals surface area contributed by atoms with Gasteiger partial charge in [0.05, 0.1) is 12.5 Å². The van der Waals surface area contributed by atoms with Crippen LogP contribution < -0.4 is 5.32 Å². The molecule has 3 nitrogen and oxygen atoms in total. The highest BCUT2D eigenvalue weighted by Crippen LogP contribution is 2.27. The molecular weight excluding hydrogens is 270 g/mol. The summed E-state index contributed by atoms with van der Waals surface area (Å²) in [5.74, 6) is 0. The highest BCUT2D eigenvalue weighted by atomic mass is 15.2. The summed E-state index contributed by atoms with van der Waals surface area (Å²) in [5.41, 5.74) is 3.69. The SMILES string of the molecule is N#CC[C@@H](c1ccc(-c2ccccc2)cc1)N1CCNCC1. The zero-order valence-corrected chi connectivity index (χ0v) is 12.7. The number of hydrogen-bond donors (Lipinski definition) is 1. The first-order valence-electron chi connectivity index (χ1n) is 7.85. The standard InChI is InChI=1S/C19H21N3/c20-11-10-19(22-14-12-21-13-15-22)18-8-6-17(7-9-18)16-4-2-1-3-5-16/h1-9,19,21H,10,12-15H2/t19-/m0/s1. The van der Waals surface area contributed by atoms with Crippen molar-refractivity contribution in [1.29, 1.82) is 5.26 Å². The number of nitrogens with zero attached hydrogens (tertiary/aromatic N) is 2. The number of benzene rings is 2. The lowest BCUT2D eigenvalue weighted by molar-refractivity contribution is 0.175. The summed E-state index contributed by atoms with van der Waals surface area (Å²) in [6, 6.07) is 21.6. The van der Waals surface area contributed by atoms with E-state index in [0.717, 1.165) is 26.2 Å². The minimum Gasteiger partial charge on any atom is -0.314 e. The molecule has 3 rings (SSSR count). The van der Waals surface area contributed by atoms with Crippen LogP contribution in [-0.4, -0.2) is 31.1 Å². The maximum absolute atomic E-state index is 9.17. The summed E-state index contributed by atoms with van der Waals surface area (Å²) < 4.78 is 0. The molecule has 0 aliphatic carbocycles. The van der Waals surface area contributed by atoms with E-state index in [-0.39, 0.29) is 6.04 Å². The van der Waals surface area contributed by atoms with Gasteiger partial charge in [0.15, 0.2) is 0 Å². The van der Waals surface area contributed by atoms with Crippen LogP contribution in [-0.2, 0) is 0 Å². The Bertz CT molecular complexity index is 622. The van der Waals surface area contributed by atoms with Gasteiger partial charge in [0.1, 0.15) is 0 Å². The van der Waals surface area contributed by atoms with Crippen molar-refractivity contribution in [1.82, 2.24) is 10.2 Å². The molecule has 0 unspecified atom stereocenters. The molecule has 1 atom stereocenters. The van der Waals surface area contributed by atoms with E-state index >= 15 is 0 Å². The smallest absolute Gasteiger partial charge is 0.0641 e. The van der Waals surface area contributed by atoms with Crippen LogP contribution in [0.3, 0.4) is 0 Å². The van der Waals surface area contributed by atoms with Gasteiger partial charge < -0.3 is 5.32 Å². The van der Waals surface area contributed by atoms with Crippen LogP contribution >= 0.6 is 0 Å². The van der Waals surface area contributed by atoms with Gasteiger partial charge in [-0.05, 0) is 16.7 Å². The average Bonchev–Trinajstić information content (AvgIpc) is 2.61. The van der Waals surface area contributed by atoms with Crippen molar-refractivity contribution in [2.45, 2.75) is 12.5 Å². The average molecular weight is 291 g/mol. The molecule has 0 aromatic heterocycles. The van der Waals surface area contributed by atoms with E-state index in [4.69, 9.17) is 5.26 Å². The summed E-state index contributed by atoms with van der Waals surface area (Å²) in [6.45, 7) is 4.02. The van der Waals surface area contributed by atoms with Crippen molar-refractivity contribution in [2.24, 2.45) is 0 Å². The molecule has 1 aliphatic rings. The van der Waals surface area contributed by atoms with E-state index in [1.165, 1.54) is 16.7 Å². The fourth-order valence-electron chi connectivity index (χ4n) is 3.07. The Hall–Kier alpha value is -2.15. The van der Waals surface area contributed by atoms with E-state index in [1.54, 1.807) is 0 Å². The Balaban J connectivity index is 1.81. The molecule has 0 spiro atoms. The Morgan fingerprint density at radius 1 is 0.955 bits per heavy atom. The van der Waals surface area contributed by atoms with E-state index in [9.17, 15) is 0 Å². The Labute approximate surface area is 132 Å². The fraction of sp³-hybridized carbons (Fsp3) is 0.316. The summed E-state index contributed by atoms with van der Waals surface area (Å²) >= 11 is 0. The number of nitrogens with one attached hydrogen (secondary N) is 1. The zero-order valence-electron chi connectivity index (χ0n) is 12.7. The van der Waals surface area contributed by atoms with Gasteiger partial charge in [0.2, 0.25) is 0 Å². The number of nitriles is 1. The molecule has 2 aromatic carbocycles. The van der Waals surface area contributed by atoms with Crippen molar-refractivity contribution in [3.8, 4) is 17.2 Å². The van der Waals surface area contributed by atoms with Crippen molar-refractivity contribution >= 4 is 0 Å². The third kappa shape index (κ3) is 3.36. The predicted octanol–water partition coefficient (Wildman–Crippen LogP) is 3.21. The highest BCUT2D eigenvalue weighted by Gasteiger charge is 2.21. The largest absolute Gasteiger partial charge is 0.314 e. The maximum Gasteiger partial charge on any atom is 0.0641 e. The molecule has 1 saturated heterocycles. The van der Waals surface area contributed by atoms with Gasteiger partial charge in [-0.1, -0.05) is 54.6 Å². The summed E-state index contributed by atoms with van der Waals surface area (Å²) in [7, 11) is 0. The Kier molecular flexibility index (Phi) is 4.85. The van der Waals surface area contributed by atoms with E-state index < -0.39 is 0 Å². The van der Waals surface area contributed by atoms with E-state index in [0.29, 0.717) is 6.42 Å². The fourth-order valence-corrected chi connectivity index (χ4v) is 3.07. The predicted molar refractivity (Wildman–Crippen MR) is 89.3 cm³/mol. The van der Waals surface area contributed by atoms with Crippen LogP contribution in [0.15, 0.2) is 54.6 Å². The Morgan fingerprint density at radius 2 is 1.59 bits per heavy atom. The second-order valence-corrected chi connectivity index (χ2v) is 5.65. The first-order chi connectivity index (χ1) is 10.9. The molecule has 1 N–H and O–H groups in total. The topological polar surface area (TPSA) is 39.1 Å². The first-order valence-corrected chi connectivity index (χ1v) is 7.85. The lowest BCUT2D eigenvalue weighted by Gasteiger charge is -2.34. The van der Waals surface area contributed by atoms with Crippen molar-refractivity contribution < 1.29 is 0 Å². The normalized spacial score (nSPS) is 16.9. The second-order valence-electron chi connectivity index (χ2n) is 5.65. The monoisotopic (exact) mass is 291 g/mol. The number of piperazine rings is 1. The van der Waals surface area contributed by atoms with Gasteiger partial charge in [0.25, 0.3) is 0 Å². The van der Waals surface area contributed by atoms with Crippen LogP contribution in [0.4, 0.5) is 0 Å². The van der Waals surface area contributed by atoms with Gasteiger partial charge in [-0.25, -0.2) is 0 Å². The molecule has 3 heteroatoms. The first kappa shape index (κ1) is 14.8. The molecule has 1 fully saturated rings. The molecule has 1 heterocycles. The number of hydrogen-bond acceptors (Lipinski definition) is 3. The van der Waals surface area contributed by atoms with Gasteiger partial charge in [-0.2, -0.15) is 5.26 Å². The molecule has 0 saturated carbocycles. The molecule has 0 radical (unpaired) electrons. The molecule has 22 heavy (non-hydrogen) atoms. The van der Waals surface area contributed by atoms with E-state index in [1.807, 2.05) is 6.07 Å². The van der Waals surface area contributed by atoms with Gasteiger partial charge in [-0.15, -0.1) is 0 Å². The quantitative estimate of drug-likeness (QED) is 0.940. The van der Waals surface area contributed by atoms with Gasteiger partial charge >= 0.3 is 0 Å². The van der Waals surface area contributed by atoms with Crippen molar-refractivity contribution in [3.05, 3.63) is 60.2 Å². The lowest BCUT2D eigenvalue weighted by Crippen LogP contribution is -2.45. The van der Waals surface area contributed by atoms with Gasteiger partial charge in [0, 0.05) is 32.2 Å². The van der Waals surface area contributed by atoms with Crippen LogP contribution in [0.2, 0.25) is 0 Å². The third-order valence-electron chi connectivity index (χ3n) is 4.28. The van der Waals surface area contributed by atoms with Crippen LogP contribution in [0.1, 0.15) is 18.0 Å². The van der Waals surface area contributed by atoms with Crippen molar-refractivity contribution in [3.63, 3.8) is 0 Å². The second kappa shape index (κ2) is 7.22. The highest BCUT2D eigenvalue weighted by molar-refractivity contribution is 5.63. The minimum absolute atomic E-state index is 0.205. The van der Waals surface area contributed by atoms with Crippen LogP contribution in [0.5, 0.6) is 0 Å². The maximum atomic E-state index is 9.17. The van der Waals surface area contributed by atoms with Crippen LogP contribution in [0.25, 0.3) is 11.1 Å². The number of rotatable bonds is 4. The van der Waals surface area contributed by atoms with Gasteiger partial charge in [-0.3, -0.25) is 4.90 Å². The molecule has 0 amide bonds. The molecule has 0 bridgehead atoms. The minimum atomic E-state index is 0.205. The van der Waals surface area contributed by atoms with Crippen molar-refractivity contribution in [2.75, 3.05) is 26.2 Å². The summed E-state index contributed by atoms with van der Waals surface area (Å²) in [5, 5.41) is 12.5. The summed E-state index contributed by atoms with van der Waals surface area (Å²) in [4.78, 5) is 2.41. The third-order valence-corrected chi connectivity index (χ3v) is 4.28. The molecular formula is C19H21N3. The lowest BCUT2D eigenvalue weighted by atomic mass is 9.98. The Morgan fingerprint density at radius 3 is 2.23 bits per heavy atom.